The number of allylic oxidation sites excluding steroid dienone is 4. The van der Waals surface area contributed by atoms with Gasteiger partial charge in [-0.3, -0.25) is 0 Å². The van der Waals surface area contributed by atoms with Crippen LogP contribution in [0.2, 0.25) is 0 Å². The highest BCUT2D eigenvalue weighted by atomic mass is 14.2. The van der Waals surface area contributed by atoms with Gasteiger partial charge in [0.25, 0.3) is 0 Å². The van der Waals surface area contributed by atoms with Crippen LogP contribution in [0.3, 0.4) is 0 Å². The predicted molar refractivity (Wildman–Crippen MR) is 97.8 cm³/mol. The summed E-state index contributed by atoms with van der Waals surface area (Å²) in [5, 5.41) is 0. The summed E-state index contributed by atoms with van der Waals surface area (Å²) in [6, 6.07) is 13.2. The summed E-state index contributed by atoms with van der Waals surface area (Å²) in [6.07, 6.45) is 6.92. The molecule has 0 bridgehead atoms. The van der Waals surface area contributed by atoms with Crippen LogP contribution in [0.25, 0.3) is 22.8 Å². The van der Waals surface area contributed by atoms with Crippen molar-refractivity contribution in [2.45, 2.75) is 13.3 Å². The van der Waals surface area contributed by atoms with E-state index in [0.717, 1.165) is 17.6 Å². The van der Waals surface area contributed by atoms with E-state index in [2.05, 4.69) is 56.1 Å². The Balaban J connectivity index is 1.95. The summed E-state index contributed by atoms with van der Waals surface area (Å²) < 4.78 is 0. The molecule has 0 saturated carbocycles. The van der Waals surface area contributed by atoms with Gasteiger partial charge in [-0.1, -0.05) is 79.9 Å². The minimum atomic E-state index is 0.984. The van der Waals surface area contributed by atoms with Gasteiger partial charge in [0, 0.05) is 0 Å². The molecule has 0 spiro atoms. The number of rotatable bonds is 4. The molecule has 22 heavy (non-hydrogen) atoms. The van der Waals surface area contributed by atoms with Crippen molar-refractivity contribution >= 4 is 11.6 Å². The fourth-order valence-corrected chi connectivity index (χ4v) is 2.90. The molecule has 0 amide bonds. The molecule has 1 aliphatic carbocycles. The summed E-state index contributed by atoms with van der Waals surface area (Å²) >= 11 is 0. The molecule has 0 nitrogen and oxygen atoms in total. The van der Waals surface area contributed by atoms with E-state index >= 15 is 0 Å². The number of benzene rings is 2. The normalized spacial score (nSPS) is 12.0. The van der Waals surface area contributed by atoms with Crippen molar-refractivity contribution in [1.29, 1.82) is 0 Å². The van der Waals surface area contributed by atoms with Crippen LogP contribution < -0.4 is 0 Å². The Kier molecular flexibility index (Phi) is 3.68. The summed E-state index contributed by atoms with van der Waals surface area (Å²) in [4.78, 5) is 0. The van der Waals surface area contributed by atoms with Gasteiger partial charge in [-0.25, -0.2) is 0 Å². The van der Waals surface area contributed by atoms with Gasteiger partial charge in [0.15, 0.2) is 0 Å². The van der Waals surface area contributed by atoms with Gasteiger partial charge in [0.2, 0.25) is 0 Å². The van der Waals surface area contributed by atoms with Crippen LogP contribution in [-0.4, -0.2) is 0 Å². The van der Waals surface area contributed by atoms with Gasteiger partial charge in [0.1, 0.15) is 0 Å². The lowest BCUT2D eigenvalue weighted by Gasteiger charge is -2.05. The van der Waals surface area contributed by atoms with Gasteiger partial charge >= 0.3 is 0 Å². The third-order valence-corrected chi connectivity index (χ3v) is 4.08. The Morgan fingerprint density at radius 3 is 2.32 bits per heavy atom. The summed E-state index contributed by atoms with van der Waals surface area (Å²) in [5.41, 5.74) is 9.85. The van der Waals surface area contributed by atoms with E-state index in [9.17, 15) is 0 Å². The molecular formula is C22H20. The topological polar surface area (TPSA) is 0 Å². The molecule has 2 aromatic rings. The first-order valence-corrected chi connectivity index (χ1v) is 7.50. The van der Waals surface area contributed by atoms with Gasteiger partial charge in [-0.2, -0.15) is 0 Å². The van der Waals surface area contributed by atoms with Gasteiger partial charge in [-0.05, 0) is 52.3 Å². The van der Waals surface area contributed by atoms with Crippen molar-refractivity contribution in [3.05, 3.63) is 96.1 Å². The monoisotopic (exact) mass is 284 g/mol. The third kappa shape index (κ3) is 2.60. The highest BCUT2D eigenvalue weighted by molar-refractivity contribution is 5.82. The molecule has 0 aromatic heterocycles. The van der Waals surface area contributed by atoms with Crippen LogP contribution >= 0.6 is 0 Å². The summed E-state index contributed by atoms with van der Waals surface area (Å²) in [6.45, 7) is 13.9. The fraction of sp³-hybridized carbons (Fsp3) is 0.0909. The van der Waals surface area contributed by atoms with Gasteiger partial charge in [0.05, 0.1) is 0 Å². The molecule has 2 aromatic carbocycles. The molecule has 0 unspecified atom stereocenters. The van der Waals surface area contributed by atoms with E-state index in [-0.39, 0.29) is 0 Å². The molecule has 1 aliphatic rings. The van der Waals surface area contributed by atoms with Crippen molar-refractivity contribution in [3.8, 4) is 11.1 Å². The van der Waals surface area contributed by atoms with E-state index in [1.54, 1.807) is 0 Å². The molecule has 0 aliphatic heterocycles. The first-order valence-electron chi connectivity index (χ1n) is 7.50. The van der Waals surface area contributed by atoms with Crippen LogP contribution in [0.4, 0.5) is 0 Å². The van der Waals surface area contributed by atoms with E-state index < -0.39 is 0 Å². The smallest absolute Gasteiger partial charge is 0.00130 e. The fourth-order valence-electron chi connectivity index (χ4n) is 2.90. The van der Waals surface area contributed by atoms with Crippen LogP contribution in [0.1, 0.15) is 29.2 Å². The van der Waals surface area contributed by atoms with E-state index in [1.165, 1.54) is 33.4 Å². The third-order valence-electron chi connectivity index (χ3n) is 4.08. The first kappa shape index (κ1) is 14.3. The minimum Gasteiger partial charge on any atom is -0.0985 e. The largest absolute Gasteiger partial charge is 0.0985 e. The van der Waals surface area contributed by atoms with Gasteiger partial charge < -0.3 is 0 Å². The second-order valence-corrected chi connectivity index (χ2v) is 5.87. The van der Waals surface area contributed by atoms with E-state index in [1.807, 2.05) is 25.2 Å². The number of fused-ring (bicyclic) bond motifs is 3. The molecule has 0 radical (unpaired) electrons. The van der Waals surface area contributed by atoms with Crippen molar-refractivity contribution in [2.75, 3.05) is 0 Å². The average molecular weight is 284 g/mol. The maximum Gasteiger partial charge on any atom is -0.00130 e. The number of hydrogen-bond donors (Lipinski definition) is 0. The SMILES string of the molecule is C=Cc1ccc2c(c1)Cc1cc(C(=C)/C=C\C(=C)C)ccc1-2. The second kappa shape index (κ2) is 5.65. The molecule has 0 heteroatoms. The van der Waals surface area contributed by atoms with Crippen molar-refractivity contribution in [2.24, 2.45) is 0 Å². The lowest BCUT2D eigenvalue weighted by Crippen LogP contribution is -1.85. The zero-order valence-electron chi connectivity index (χ0n) is 13.0. The predicted octanol–water partition coefficient (Wildman–Crippen LogP) is 6.05. The lowest BCUT2D eigenvalue weighted by atomic mass is 9.99. The van der Waals surface area contributed by atoms with Crippen molar-refractivity contribution in [3.63, 3.8) is 0 Å². The second-order valence-electron chi connectivity index (χ2n) is 5.87. The van der Waals surface area contributed by atoms with Crippen LogP contribution in [0, 0.1) is 0 Å². The molecule has 0 N–H and O–H groups in total. The van der Waals surface area contributed by atoms with Crippen LogP contribution in [0.5, 0.6) is 0 Å². The average Bonchev–Trinajstić information content (AvgIpc) is 2.88. The molecule has 0 fully saturated rings. The van der Waals surface area contributed by atoms with Crippen LogP contribution in [-0.2, 0) is 6.42 Å². The highest BCUT2D eigenvalue weighted by Crippen LogP contribution is 2.38. The Morgan fingerprint density at radius 2 is 1.64 bits per heavy atom. The Bertz CT molecular complexity index is 816. The number of hydrogen-bond acceptors (Lipinski definition) is 0. The molecule has 0 heterocycles. The maximum atomic E-state index is 4.16. The Morgan fingerprint density at radius 1 is 0.955 bits per heavy atom. The highest BCUT2D eigenvalue weighted by Gasteiger charge is 2.18. The van der Waals surface area contributed by atoms with Crippen molar-refractivity contribution in [1.82, 2.24) is 0 Å². The van der Waals surface area contributed by atoms with Crippen molar-refractivity contribution < 1.29 is 0 Å². The van der Waals surface area contributed by atoms with E-state index in [0.29, 0.717) is 0 Å². The molecular weight excluding hydrogens is 264 g/mol. The quantitative estimate of drug-likeness (QED) is 0.512. The van der Waals surface area contributed by atoms with Gasteiger partial charge in [-0.15, -0.1) is 0 Å². The maximum absolute atomic E-state index is 4.16. The Hall–Kier alpha value is -2.60. The first-order chi connectivity index (χ1) is 10.6. The zero-order chi connectivity index (χ0) is 15.7. The summed E-state index contributed by atoms with van der Waals surface area (Å²) in [7, 11) is 0. The lowest BCUT2D eigenvalue weighted by molar-refractivity contribution is 1.26. The molecule has 108 valence electrons. The minimum absolute atomic E-state index is 0.984. The summed E-state index contributed by atoms with van der Waals surface area (Å²) in [5.74, 6) is 0. The molecule has 0 atom stereocenters. The van der Waals surface area contributed by atoms with E-state index in [4.69, 9.17) is 0 Å². The van der Waals surface area contributed by atoms with Crippen LogP contribution in [0.15, 0.2) is 73.9 Å². The zero-order valence-corrected chi connectivity index (χ0v) is 13.0. The Labute approximate surface area is 132 Å². The molecule has 3 rings (SSSR count). The standard InChI is InChI=1S/C22H20/c1-5-17-8-10-21-19(12-17)14-20-13-18(9-11-22(20)21)16(4)7-6-15(2)3/h5-13H,1-2,4,14H2,3H3/b7-6-. The molecule has 0 saturated heterocycles.